The lowest BCUT2D eigenvalue weighted by molar-refractivity contribution is 0.485. The van der Waals surface area contributed by atoms with Crippen molar-refractivity contribution in [2.24, 2.45) is 11.8 Å². The summed E-state index contributed by atoms with van der Waals surface area (Å²) in [6.45, 7) is 9.03. The van der Waals surface area contributed by atoms with Gasteiger partial charge in [-0.15, -0.1) is 0 Å². The number of pyridine rings is 1. The maximum absolute atomic E-state index is 4.57. The Morgan fingerprint density at radius 2 is 1.75 bits per heavy atom. The van der Waals surface area contributed by atoms with E-state index in [-0.39, 0.29) is 0 Å². The van der Waals surface area contributed by atoms with E-state index in [1.54, 1.807) is 0 Å². The molecule has 0 spiro atoms. The van der Waals surface area contributed by atoms with Gasteiger partial charge in [0.05, 0.1) is 0 Å². The first-order valence-electron chi connectivity index (χ1n) is 6.59. The molecule has 1 heterocycles. The van der Waals surface area contributed by atoms with E-state index in [9.17, 15) is 0 Å². The van der Waals surface area contributed by atoms with Crippen molar-refractivity contribution in [2.45, 2.75) is 53.4 Å². The average Bonchev–Trinajstić information content (AvgIpc) is 2.27. The molecule has 1 nitrogen and oxygen atoms in total. The summed E-state index contributed by atoms with van der Waals surface area (Å²) in [7, 11) is 0. The van der Waals surface area contributed by atoms with Gasteiger partial charge in [-0.2, -0.15) is 0 Å². The molecule has 0 N–H and O–H groups in total. The normalized spacial score (nSPS) is 11.4. The van der Waals surface area contributed by atoms with Crippen LogP contribution in [0.3, 0.4) is 0 Å². The van der Waals surface area contributed by atoms with Crippen LogP contribution in [0, 0.1) is 11.8 Å². The molecule has 0 amide bonds. The summed E-state index contributed by atoms with van der Waals surface area (Å²) < 4.78 is 0. The van der Waals surface area contributed by atoms with Crippen molar-refractivity contribution in [3.63, 3.8) is 0 Å². The highest BCUT2D eigenvalue weighted by molar-refractivity contribution is 5.14. The Hall–Kier alpha value is -0.850. The first kappa shape index (κ1) is 13.2. The zero-order chi connectivity index (χ0) is 12.0. The standard InChI is InChI=1S/C15H25N/c1-5-13(6-2)10-15-8-7-14(11-16-15)9-12(3)4/h7-8,11-13H,5-6,9-10H2,1-4H3. The molecule has 1 heteroatoms. The predicted octanol–water partition coefficient (Wildman–Crippen LogP) is 4.26. The maximum Gasteiger partial charge on any atom is 0.0406 e. The molecule has 16 heavy (non-hydrogen) atoms. The number of hydrogen-bond acceptors (Lipinski definition) is 1. The first-order chi connectivity index (χ1) is 7.65. The van der Waals surface area contributed by atoms with Crippen molar-refractivity contribution in [1.29, 1.82) is 0 Å². The highest BCUT2D eigenvalue weighted by Crippen LogP contribution is 2.15. The SMILES string of the molecule is CCC(CC)Cc1ccc(CC(C)C)cn1. The highest BCUT2D eigenvalue weighted by Gasteiger charge is 2.06. The van der Waals surface area contributed by atoms with Crippen molar-refractivity contribution in [3.05, 3.63) is 29.6 Å². The lowest BCUT2D eigenvalue weighted by Gasteiger charge is -2.12. The summed E-state index contributed by atoms with van der Waals surface area (Å²) in [6.07, 6.45) is 6.84. The Labute approximate surface area is 100 Å². The van der Waals surface area contributed by atoms with Gasteiger partial charge in [0.1, 0.15) is 0 Å². The molecule has 1 rings (SSSR count). The van der Waals surface area contributed by atoms with Gasteiger partial charge in [0, 0.05) is 11.9 Å². The largest absolute Gasteiger partial charge is 0.261 e. The maximum atomic E-state index is 4.57. The highest BCUT2D eigenvalue weighted by atomic mass is 14.7. The van der Waals surface area contributed by atoms with Gasteiger partial charge in [0.2, 0.25) is 0 Å². The molecule has 90 valence electrons. The third kappa shape index (κ3) is 4.34. The van der Waals surface area contributed by atoms with Gasteiger partial charge in [0.15, 0.2) is 0 Å². The van der Waals surface area contributed by atoms with Gasteiger partial charge in [-0.25, -0.2) is 0 Å². The number of rotatable bonds is 6. The number of nitrogens with zero attached hydrogens (tertiary/aromatic N) is 1. The molecule has 0 aromatic carbocycles. The third-order valence-corrected chi connectivity index (χ3v) is 3.18. The lowest BCUT2D eigenvalue weighted by atomic mass is 9.97. The monoisotopic (exact) mass is 219 g/mol. The molecule has 1 aromatic rings. The fraction of sp³-hybridized carbons (Fsp3) is 0.667. The van der Waals surface area contributed by atoms with Gasteiger partial charge < -0.3 is 0 Å². The summed E-state index contributed by atoms with van der Waals surface area (Å²) in [5.74, 6) is 1.51. The van der Waals surface area contributed by atoms with Crippen LogP contribution in [-0.4, -0.2) is 4.98 Å². The van der Waals surface area contributed by atoms with E-state index in [4.69, 9.17) is 0 Å². The van der Waals surface area contributed by atoms with Gasteiger partial charge in [-0.1, -0.05) is 46.6 Å². The average molecular weight is 219 g/mol. The molecule has 0 fully saturated rings. The van der Waals surface area contributed by atoms with E-state index in [0.29, 0.717) is 5.92 Å². The van der Waals surface area contributed by atoms with Crippen LogP contribution in [0.2, 0.25) is 0 Å². The van der Waals surface area contributed by atoms with E-state index in [1.807, 2.05) is 0 Å². The molecule has 0 aliphatic carbocycles. The minimum Gasteiger partial charge on any atom is -0.261 e. The molecule has 0 bridgehead atoms. The van der Waals surface area contributed by atoms with Gasteiger partial charge in [-0.3, -0.25) is 4.98 Å². The van der Waals surface area contributed by atoms with Crippen molar-refractivity contribution >= 4 is 0 Å². The fourth-order valence-corrected chi connectivity index (χ4v) is 2.04. The van der Waals surface area contributed by atoms with E-state index in [1.165, 1.54) is 24.1 Å². The molecule has 0 radical (unpaired) electrons. The smallest absolute Gasteiger partial charge is 0.0406 e. The molecular weight excluding hydrogens is 194 g/mol. The molecule has 0 atom stereocenters. The van der Waals surface area contributed by atoms with Crippen LogP contribution in [-0.2, 0) is 12.8 Å². The summed E-state index contributed by atoms with van der Waals surface area (Å²) in [5, 5.41) is 0. The van der Waals surface area contributed by atoms with E-state index < -0.39 is 0 Å². The van der Waals surface area contributed by atoms with Crippen LogP contribution in [0.4, 0.5) is 0 Å². The second-order valence-electron chi connectivity index (χ2n) is 5.14. The van der Waals surface area contributed by atoms with Gasteiger partial charge in [-0.05, 0) is 36.3 Å². The van der Waals surface area contributed by atoms with E-state index in [0.717, 1.165) is 18.8 Å². The quantitative estimate of drug-likeness (QED) is 0.696. The zero-order valence-electron chi connectivity index (χ0n) is 11.2. The first-order valence-corrected chi connectivity index (χ1v) is 6.59. The van der Waals surface area contributed by atoms with Crippen LogP contribution in [0.1, 0.15) is 51.8 Å². The lowest BCUT2D eigenvalue weighted by Crippen LogP contribution is -2.04. The molecular formula is C15H25N. The van der Waals surface area contributed by atoms with E-state index in [2.05, 4.69) is 51.0 Å². The topological polar surface area (TPSA) is 12.9 Å². The summed E-state index contributed by atoms with van der Waals surface area (Å²) in [6, 6.07) is 4.45. The summed E-state index contributed by atoms with van der Waals surface area (Å²) >= 11 is 0. The molecule has 0 unspecified atom stereocenters. The predicted molar refractivity (Wildman–Crippen MR) is 70.6 cm³/mol. The third-order valence-electron chi connectivity index (χ3n) is 3.18. The molecule has 0 saturated carbocycles. The Morgan fingerprint density at radius 3 is 2.19 bits per heavy atom. The van der Waals surface area contributed by atoms with E-state index >= 15 is 0 Å². The van der Waals surface area contributed by atoms with Crippen LogP contribution < -0.4 is 0 Å². The summed E-state index contributed by atoms with van der Waals surface area (Å²) in [5.41, 5.74) is 2.62. The molecule has 0 aliphatic heterocycles. The molecule has 0 saturated heterocycles. The van der Waals surface area contributed by atoms with Gasteiger partial charge in [0.25, 0.3) is 0 Å². The number of hydrogen-bond donors (Lipinski definition) is 0. The zero-order valence-corrected chi connectivity index (χ0v) is 11.2. The van der Waals surface area contributed by atoms with Crippen molar-refractivity contribution in [3.8, 4) is 0 Å². The van der Waals surface area contributed by atoms with Crippen molar-refractivity contribution < 1.29 is 0 Å². The Morgan fingerprint density at radius 1 is 1.06 bits per heavy atom. The molecule has 1 aromatic heterocycles. The summed E-state index contributed by atoms with van der Waals surface area (Å²) in [4.78, 5) is 4.57. The molecule has 0 aliphatic rings. The van der Waals surface area contributed by atoms with Gasteiger partial charge >= 0.3 is 0 Å². The Balaban J connectivity index is 2.57. The Bertz CT molecular complexity index is 283. The number of aromatic nitrogens is 1. The van der Waals surface area contributed by atoms with Crippen LogP contribution >= 0.6 is 0 Å². The van der Waals surface area contributed by atoms with Crippen LogP contribution in [0.15, 0.2) is 18.3 Å². The second-order valence-corrected chi connectivity index (χ2v) is 5.14. The van der Waals surface area contributed by atoms with Crippen molar-refractivity contribution in [2.75, 3.05) is 0 Å². The minimum absolute atomic E-state index is 0.715. The Kier molecular flexibility index (Phi) is 5.51. The van der Waals surface area contributed by atoms with Crippen molar-refractivity contribution in [1.82, 2.24) is 4.98 Å². The minimum atomic E-state index is 0.715. The fourth-order valence-electron chi connectivity index (χ4n) is 2.04. The second kappa shape index (κ2) is 6.67. The van der Waals surface area contributed by atoms with Crippen LogP contribution in [0.5, 0.6) is 0 Å². The van der Waals surface area contributed by atoms with Crippen LogP contribution in [0.25, 0.3) is 0 Å².